The Labute approximate surface area is 133 Å². The number of hydrogen-bond donors (Lipinski definition) is 1. The monoisotopic (exact) mass is 290 g/mol. The predicted octanol–water partition coefficient (Wildman–Crippen LogP) is 4.61. The number of rotatable bonds is 6. The highest BCUT2D eigenvalue weighted by Crippen LogP contribution is 2.23. The highest BCUT2D eigenvalue weighted by molar-refractivity contribution is 5.33. The van der Waals surface area contributed by atoms with Gasteiger partial charge in [0.05, 0.1) is 12.1 Å². The first-order valence-corrected chi connectivity index (χ1v) is 7.68. The van der Waals surface area contributed by atoms with Gasteiger partial charge in [-0.05, 0) is 30.0 Å². The Morgan fingerprint density at radius 3 is 1.95 bits per heavy atom. The minimum absolute atomic E-state index is 0.00672. The van der Waals surface area contributed by atoms with Crippen LogP contribution >= 0.6 is 0 Å². The zero-order valence-electron chi connectivity index (χ0n) is 13.2. The third-order valence-electron chi connectivity index (χ3n) is 3.71. The van der Waals surface area contributed by atoms with Gasteiger partial charge in [0.1, 0.15) is 6.04 Å². The van der Waals surface area contributed by atoms with Crippen molar-refractivity contribution in [1.29, 1.82) is 5.26 Å². The molecule has 1 N–H and O–H groups in total. The molecule has 2 aromatic rings. The maximum atomic E-state index is 9.51. The van der Waals surface area contributed by atoms with Crippen LogP contribution in [0.15, 0.2) is 72.3 Å². The molecule has 2 rings (SSSR count). The fourth-order valence-corrected chi connectivity index (χ4v) is 2.55. The largest absolute Gasteiger partial charge is 0.288 e. The molecule has 0 aliphatic rings. The van der Waals surface area contributed by atoms with Crippen molar-refractivity contribution in [2.75, 3.05) is 0 Å². The SMILES string of the molecule is CCC=C(C)[C@H](C#N)NC(c1ccccc1)c1ccccc1. The number of nitrogens with zero attached hydrogens (tertiary/aromatic N) is 1. The summed E-state index contributed by atoms with van der Waals surface area (Å²) in [6.07, 6.45) is 3.04. The van der Waals surface area contributed by atoms with Crippen LogP contribution in [0.5, 0.6) is 0 Å². The van der Waals surface area contributed by atoms with Crippen LogP contribution in [-0.2, 0) is 0 Å². The van der Waals surface area contributed by atoms with Crippen LogP contribution in [0.1, 0.15) is 37.4 Å². The van der Waals surface area contributed by atoms with Gasteiger partial charge in [-0.2, -0.15) is 5.26 Å². The van der Waals surface area contributed by atoms with Crippen molar-refractivity contribution in [3.63, 3.8) is 0 Å². The second-order valence-electron chi connectivity index (χ2n) is 5.34. The van der Waals surface area contributed by atoms with Gasteiger partial charge in [0.15, 0.2) is 0 Å². The third-order valence-corrected chi connectivity index (χ3v) is 3.71. The van der Waals surface area contributed by atoms with Gasteiger partial charge < -0.3 is 0 Å². The molecular formula is C20H22N2. The average Bonchev–Trinajstić information content (AvgIpc) is 2.57. The first-order valence-electron chi connectivity index (χ1n) is 7.68. The van der Waals surface area contributed by atoms with Gasteiger partial charge in [0.25, 0.3) is 0 Å². The van der Waals surface area contributed by atoms with Crippen LogP contribution in [0.4, 0.5) is 0 Å². The first kappa shape index (κ1) is 16.0. The number of allylic oxidation sites excluding steroid dienone is 1. The Balaban J connectivity index is 2.34. The molecule has 22 heavy (non-hydrogen) atoms. The van der Waals surface area contributed by atoms with Crippen LogP contribution in [0.25, 0.3) is 0 Å². The van der Waals surface area contributed by atoms with E-state index in [2.05, 4.69) is 48.7 Å². The summed E-state index contributed by atoms with van der Waals surface area (Å²) in [6.45, 7) is 4.10. The summed E-state index contributed by atoms with van der Waals surface area (Å²) >= 11 is 0. The van der Waals surface area contributed by atoms with E-state index in [0.717, 1.165) is 12.0 Å². The molecule has 0 unspecified atom stereocenters. The Morgan fingerprint density at radius 1 is 1.05 bits per heavy atom. The van der Waals surface area contributed by atoms with E-state index >= 15 is 0 Å². The van der Waals surface area contributed by atoms with Crippen LogP contribution in [0.2, 0.25) is 0 Å². The van der Waals surface area contributed by atoms with Crippen LogP contribution < -0.4 is 5.32 Å². The second kappa shape index (κ2) is 8.17. The van der Waals surface area contributed by atoms with Crippen molar-refractivity contribution in [2.24, 2.45) is 0 Å². The predicted molar refractivity (Wildman–Crippen MR) is 91.3 cm³/mol. The quantitative estimate of drug-likeness (QED) is 0.788. The molecule has 0 fully saturated rings. The van der Waals surface area contributed by atoms with Gasteiger partial charge in [-0.3, -0.25) is 5.32 Å². The highest BCUT2D eigenvalue weighted by atomic mass is 15.0. The van der Waals surface area contributed by atoms with E-state index in [1.165, 1.54) is 11.1 Å². The molecule has 0 aromatic heterocycles. The molecule has 0 aliphatic heterocycles. The van der Waals surface area contributed by atoms with Gasteiger partial charge in [0, 0.05) is 0 Å². The zero-order valence-corrected chi connectivity index (χ0v) is 13.2. The lowest BCUT2D eigenvalue weighted by Gasteiger charge is -2.23. The summed E-state index contributed by atoms with van der Waals surface area (Å²) in [5.74, 6) is 0. The van der Waals surface area contributed by atoms with Crippen molar-refractivity contribution in [3.05, 3.63) is 83.4 Å². The van der Waals surface area contributed by atoms with E-state index in [1.807, 2.05) is 43.3 Å². The number of nitrogens with one attached hydrogen (secondary N) is 1. The molecule has 0 spiro atoms. The summed E-state index contributed by atoms with van der Waals surface area (Å²) in [7, 11) is 0. The van der Waals surface area contributed by atoms with E-state index in [1.54, 1.807) is 0 Å². The molecule has 0 amide bonds. The van der Waals surface area contributed by atoms with Crippen LogP contribution in [0, 0.1) is 11.3 Å². The first-order chi connectivity index (χ1) is 10.8. The van der Waals surface area contributed by atoms with E-state index in [0.29, 0.717) is 0 Å². The van der Waals surface area contributed by atoms with E-state index in [9.17, 15) is 5.26 Å². The zero-order chi connectivity index (χ0) is 15.8. The van der Waals surface area contributed by atoms with E-state index in [4.69, 9.17) is 0 Å². The molecule has 2 nitrogen and oxygen atoms in total. The molecule has 2 aromatic carbocycles. The lowest BCUT2D eigenvalue weighted by Crippen LogP contribution is -2.33. The molecular weight excluding hydrogens is 268 g/mol. The molecule has 0 saturated carbocycles. The summed E-state index contributed by atoms with van der Waals surface area (Å²) in [5.41, 5.74) is 3.40. The van der Waals surface area contributed by atoms with Crippen LogP contribution in [0.3, 0.4) is 0 Å². The smallest absolute Gasteiger partial charge is 0.117 e. The normalized spacial score (nSPS) is 12.9. The fraction of sp³-hybridized carbons (Fsp3) is 0.250. The van der Waals surface area contributed by atoms with Gasteiger partial charge in [-0.25, -0.2) is 0 Å². The molecule has 0 aliphatic carbocycles. The van der Waals surface area contributed by atoms with Crippen molar-refractivity contribution >= 4 is 0 Å². The molecule has 0 radical (unpaired) electrons. The minimum atomic E-state index is -0.287. The molecule has 1 atom stereocenters. The van der Waals surface area contributed by atoms with Gasteiger partial charge in [-0.1, -0.05) is 73.7 Å². The number of nitriles is 1. The lowest BCUT2D eigenvalue weighted by atomic mass is 9.96. The van der Waals surface area contributed by atoms with E-state index < -0.39 is 0 Å². The fourth-order valence-electron chi connectivity index (χ4n) is 2.55. The Hall–Kier alpha value is -2.37. The summed E-state index contributed by atoms with van der Waals surface area (Å²) in [6, 6.07) is 22.6. The molecule has 2 heteroatoms. The van der Waals surface area contributed by atoms with Crippen molar-refractivity contribution in [3.8, 4) is 6.07 Å². The summed E-state index contributed by atoms with van der Waals surface area (Å²) in [5, 5.41) is 13.0. The van der Waals surface area contributed by atoms with Crippen molar-refractivity contribution in [2.45, 2.75) is 32.4 Å². The van der Waals surface area contributed by atoms with E-state index in [-0.39, 0.29) is 12.1 Å². The van der Waals surface area contributed by atoms with Crippen molar-refractivity contribution in [1.82, 2.24) is 5.32 Å². The minimum Gasteiger partial charge on any atom is -0.288 e. The van der Waals surface area contributed by atoms with Gasteiger partial charge in [-0.15, -0.1) is 0 Å². The Kier molecular flexibility index (Phi) is 5.94. The Bertz CT molecular complexity index is 599. The second-order valence-corrected chi connectivity index (χ2v) is 5.34. The third kappa shape index (κ3) is 4.07. The molecule has 0 saturated heterocycles. The molecule has 0 bridgehead atoms. The van der Waals surface area contributed by atoms with Crippen LogP contribution in [-0.4, -0.2) is 6.04 Å². The van der Waals surface area contributed by atoms with Crippen molar-refractivity contribution < 1.29 is 0 Å². The number of benzene rings is 2. The van der Waals surface area contributed by atoms with Gasteiger partial charge >= 0.3 is 0 Å². The lowest BCUT2D eigenvalue weighted by molar-refractivity contribution is 0.581. The van der Waals surface area contributed by atoms with Gasteiger partial charge in [0.2, 0.25) is 0 Å². The average molecular weight is 290 g/mol. The topological polar surface area (TPSA) is 35.8 Å². The maximum absolute atomic E-state index is 9.51. The standard InChI is InChI=1S/C20H22N2/c1-3-10-16(2)19(15-21)22-20(17-11-6-4-7-12-17)18-13-8-5-9-14-18/h4-14,19-20,22H,3H2,1-2H3/t19-/m0/s1. The maximum Gasteiger partial charge on any atom is 0.117 e. The summed E-state index contributed by atoms with van der Waals surface area (Å²) in [4.78, 5) is 0. The molecule has 112 valence electrons. The Morgan fingerprint density at radius 2 is 1.55 bits per heavy atom. The summed E-state index contributed by atoms with van der Waals surface area (Å²) < 4.78 is 0. The highest BCUT2D eigenvalue weighted by Gasteiger charge is 2.19. The number of hydrogen-bond acceptors (Lipinski definition) is 2. The molecule has 0 heterocycles.